The van der Waals surface area contributed by atoms with E-state index >= 15 is 0 Å². The smallest absolute Gasteiger partial charge is 0.281 e. The second-order valence-corrected chi connectivity index (χ2v) is 12.6. The molecule has 10 nitrogen and oxygen atoms in total. The molecule has 5 rings (SSSR count). The highest BCUT2D eigenvalue weighted by atomic mass is 32.2. The summed E-state index contributed by atoms with van der Waals surface area (Å²) >= 11 is 0. The van der Waals surface area contributed by atoms with Crippen LogP contribution in [0, 0.1) is 5.92 Å². The fraction of sp³-hybridized carbons (Fsp3) is 0.615. The van der Waals surface area contributed by atoms with E-state index in [0.717, 1.165) is 61.9 Å². The van der Waals surface area contributed by atoms with Gasteiger partial charge in [0, 0.05) is 45.1 Å². The Kier molecular flexibility index (Phi) is 7.85. The van der Waals surface area contributed by atoms with Crippen LogP contribution in [0.5, 0.6) is 5.88 Å². The van der Waals surface area contributed by atoms with E-state index in [4.69, 9.17) is 14.5 Å². The van der Waals surface area contributed by atoms with Gasteiger partial charge < -0.3 is 19.7 Å². The lowest BCUT2D eigenvalue weighted by atomic mass is 9.87. The minimum absolute atomic E-state index is 0.264. The molecule has 1 N–H and O–H groups in total. The maximum absolute atomic E-state index is 12.4. The Bertz CT molecular complexity index is 1160. The van der Waals surface area contributed by atoms with Crippen LogP contribution in [0.3, 0.4) is 0 Å². The van der Waals surface area contributed by atoms with Crippen LogP contribution in [0.4, 0.5) is 11.6 Å². The van der Waals surface area contributed by atoms with Crippen LogP contribution in [-0.2, 0) is 14.9 Å². The summed E-state index contributed by atoms with van der Waals surface area (Å²) < 4.78 is 39.2. The lowest BCUT2D eigenvalue weighted by Gasteiger charge is -2.38. The minimum atomic E-state index is -3.45. The van der Waals surface area contributed by atoms with Gasteiger partial charge >= 0.3 is 0 Å². The summed E-state index contributed by atoms with van der Waals surface area (Å²) in [5.41, 5.74) is 2.91. The van der Waals surface area contributed by atoms with Crippen LogP contribution < -0.4 is 15.0 Å². The molecule has 37 heavy (non-hydrogen) atoms. The number of morpholine rings is 1. The number of anilines is 2. The van der Waals surface area contributed by atoms with Gasteiger partial charge in [-0.3, -0.25) is 0 Å². The predicted octanol–water partition coefficient (Wildman–Crippen LogP) is 2.84. The maximum atomic E-state index is 12.4. The molecule has 1 saturated carbocycles. The first-order valence-corrected chi connectivity index (χ1v) is 14.6. The largest absolute Gasteiger partial charge is 0.471 e. The fourth-order valence-electron chi connectivity index (χ4n) is 5.04. The first-order valence-electron chi connectivity index (χ1n) is 13.2. The molecule has 0 unspecified atom stereocenters. The van der Waals surface area contributed by atoms with E-state index in [1.165, 1.54) is 35.5 Å². The summed E-state index contributed by atoms with van der Waals surface area (Å²) in [6.07, 6.45) is 6.16. The zero-order valence-corrected chi connectivity index (χ0v) is 22.8. The number of benzene rings is 1. The molecule has 0 radical (unpaired) electrons. The number of nitrogens with one attached hydrogen (secondary N) is 1. The molecule has 3 aliphatic rings. The standard InChI is InChI=1S/C26H38N6O4S/c1-19-4-8-21(9-5-19)28-26-27-16-24(20-6-10-22(11-7-20)31-12-14-35-15-13-31)25(29-26)36-23-17-32(18-23)37(33,34)30(2)3/h6-7,10-11,16,19,21,23H,4-5,8-9,12-15,17-18H2,1-3H3,(H,27,28,29)/t19-,21+. The summed E-state index contributed by atoms with van der Waals surface area (Å²) in [7, 11) is -0.371. The summed E-state index contributed by atoms with van der Waals surface area (Å²) in [4.78, 5) is 11.7. The van der Waals surface area contributed by atoms with Gasteiger partial charge in [0.25, 0.3) is 10.2 Å². The fourth-order valence-corrected chi connectivity index (χ4v) is 6.21. The van der Waals surface area contributed by atoms with Crippen molar-refractivity contribution >= 4 is 21.8 Å². The number of ether oxygens (including phenoxy) is 2. The Morgan fingerprint density at radius 3 is 2.38 bits per heavy atom. The lowest BCUT2D eigenvalue weighted by Crippen LogP contribution is -2.58. The van der Waals surface area contributed by atoms with Gasteiger partial charge in [0.1, 0.15) is 6.10 Å². The molecular weight excluding hydrogens is 492 g/mol. The number of hydrogen-bond acceptors (Lipinski definition) is 8. The third kappa shape index (κ3) is 6.00. The van der Waals surface area contributed by atoms with Crippen molar-refractivity contribution in [3.05, 3.63) is 30.5 Å². The highest BCUT2D eigenvalue weighted by Gasteiger charge is 2.39. The number of hydrogen-bond donors (Lipinski definition) is 1. The molecule has 0 spiro atoms. The van der Waals surface area contributed by atoms with Crippen molar-refractivity contribution in [3.8, 4) is 17.0 Å². The van der Waals surface area contributed by atoms with Crippen molar-refractivity contribution in [1.29, 1.82) is 0 Å². The van der Waals surface area contributed by atoms with E-state index in [1.54, 1.807) is 0 Å². The van der Waals surface area contributed by atoms with E-state index in [1.807, 2.05) is 6.20 Å². The summed E-state index contributed by atoms with van der Waals surface area (Å²) in [5.74, 6) is 1.80. The summed E-state index contributed by atoms with van der Waals surface area (Å²) in [6, 6.07) is 8.70. The van der Waals surface area contributed by atoms with Crippen LogP contribution in [-0.4, -0.2) is 92.6 Å². The maximum Gasteiger partial charge on any atom is 0.281 e. The third-order valence-electron chi connectivity index (χ3n) is 7.54. The summed E-state index contributed by atoms with van der Waals surface area (Å²) in [5, 5.41) is 3.50. The van der Waals surface area contributed by atoms with Gasteiger partial charge in [-0.05, 0) is 49.3 Å². The monoisotopic (exact) mass is 530 g/mol. The van der Waals surface area contributed by atoms with Crippen LogP contribution in [0.1, 0.15) is 32.6 Å². The van der Waals surface area contributed by atoms with Crippen molar-refractivity contribution in [1.82, 2.24) is 18.6 Å². The zero-order valence-electron chi connectivity index (χ0n) is 22.0. The average molecular weight is 531 g/mol. The van der Waals surface area contributed by atoms with E-state index in [2.05, 4.69) is 46.4 Å². The third-order valence-corrected chi connectivity index (χ3v) is 9.41. The molecule has 202 valence electrons. The molecule has 2 saturated heterocycles. The lowest BCUT2D eigenvalue weighted by molar-refractivity contribution is 0.0693. The molecule has 0 amide bonds. The highest BCUT2D eigenvalue weighted by molar-refractivity contribution is 7.86. The molecule has 3 heterocycles. The molecule has 0 atom stereocenters. The number of aromatic nitrogens is 2. The molecular formula is C26H38N6O4S. The molecule has 1 aliphatic carbocycles. The highest BCUT2D eigenvalue weighted by Crippen LogP contribution is 2.33. The number of nitrogens with zero attached hydrogens (tertiary/aromatic N) is 5. The van der Waals surface area contributed by atoms with Gasteiger partial charge in [-0.25, -0.2) is 4.98 Å². The normalized spacial score (nSPS) is 23.6. The molecule has 2 aliphatic heterocycles. The van der Waals surface area contributed by atoms with E-state index < -0.39 is 10.2 Å². The van der Waals surface area contributed by atoms with Gasteiger partial charge in [-0.2, -0.15) is 22.0 Å². The molecule has 3 fully saturated rings. The van der Waals surface area contributed by atoms with Gasteiger partial charge in [0.05, 0.1) is 31.9 Å². The van der Waals surface area contributed by atoms with Gasteiger partial charge in [0.15, 0.2) is 0 Å². The Morgan fingerprint density at radius 2 is 1.73 bits per heavy atom. The van der Waals surface area contributed by atoms with Crippen molar-refractivity contribution in [3.63, 3.8) is 0 Å². The molecule has 11 heteroatoms. The van der Waals surface area contributed by atoms with Crippen molar-refractivity contribution in [2.75, 3.05) is 63.7 Å². The Morgan fingerprint density at radius 1 is 1.05 bits per heavy atom. The van der Waals surface area contributed by atoms with Crippen LogP contribution >= 0.6 is 0 Å². The Labute approximate surface area is 220 Å². The van der Waals surface area contributed by atoms with Gasteiger partial charge in [0.2, 0.25) is 11.8 Å². The predicted molar refractivity (Wildman–Crippen MR) is 144 cm³/mol. The molecule has 1 aromatic carbocycles. The molecule has 0 bridgehead atoms. The zero-order chi connectivity index (χ0) is 26.0. The number of rotatable bonds is 8. The first-order chi connectivity index (χ1) is 17.8. The SMILES string of the molecule is CN(C)S(=O)(=O)N1CC(Oc2nc(N[C@H]3CC[C@@H](C)CC3)ncc2-c2ccc(N3CCOCC3)cc2)C1. The second-order valence-electron chi connectivity index (χ2n) is 10.5. The Balaban J connectivity index is 1.35. The van der Waals surface area contributed by atoms with E-state index in [0.29, 0.717) is 31.0 Å². The molecule has 2 aromatic rings. The first kappa shape index (κ1) is 26.1. The van der Waals surface area contributed by atoms with Crippen molar-refractivity contribution < 1.29 is 17.9 Å². The van der Waals surface area contributed by atoms with Crippen LogP contribution in [0.15, 0.2) is 30.5 Å². The van der Waals surface area contributed by atoms with E-state index in [-0.39, 0.29) is 6.10 Å². The van der Waals surface area contributed by atoms with Crippen molar-refractivity contribution in [2.24, 2.45) is 5.92 Å². The Hall–Kier alpha value is -2.47. The van der Waals surface area contributed by atoms with Gasteiger partial charge in [-0.15, -0.1) is 0 Å². The minimum Gasteiger partial charge on any atom is -0.471 e. The van der Waals surface area contributed by atoms with Crippen LogP contribution in [0.25, 0.3) is 11.1 Å². The van der Waals surface area contributed by atoms with E-state index in [9.17, 15) is 8.42 Å². The molecule has 1 aromatic heterocycles. The average Bonchev–Trinajstić information content (AvgIpc) is 2.88. The topological polar surface area (TPSA) is 100 Å². The summed E-state index contributed by atoms with van der Waals surface area (Å²) in [6.45, 7) is 6.13. The van der Waals surface area contributed by atoms with Crippen molar-refractivity contribution in [2.45, 2.75) is 44.8 Å². The van der Waals surface area contributed by atoms with Crippen LogP contribution in [0.2, 0.25) is 0 Å². The van der Waals surface area contributed by atoms with Gasteiger partial charge in [-0.1, -0.05) is 19.1 Å². The second kappa shape index (κ2) is 11.1. The quantitative estimate of drug-likeness (QED) is 0.556.